The first kappa shape index (κ1) is 14.2. The number of sulfonamides is 1. The Balaban J connectivity index is 2.35. The molecule has 0 saturated heterocycles. The Hall–Kier alpha value is -2.22. The summed E-state index contributed by atoms with van der Waals surface area (Å²) in [7, 11) is -0.673. The first-order valence-electron chi connectivity index (χ1n) is 5.72. The standard InChI is InChI=1S/C12H15N3O4S/c1-8-13-12(7-15(8)2)20(17,18)14-9-4-10(16)6-11(5-9)19-3/h4-7,14,16H,1-3H3. The van der Waals surface area contributed by atoms with Crippen LogP contribution in [0.5, 0.6) is 11.5 Å². The van der Waals surface area contributed by atoms with E-state index < -0.39 is 10.0 Å². The maximum atomic E-state index is 12.2. The second-order valence-corrected chi connectivity index (χ2v) is 5.89. The average molecular weight is 297 g/mol. The van der Waals surface area contributed by atoms with Crippen molar-refractivity contribution in [3.8, 4) is 11.5 Å². The molecule has 7 nitrogen and oxygen atoms in total. The van der Waals surface area contributed by atoms with E-state index in [1.54, 1.807) is 18.5 Å². The number of nitrogens with zero attached hydrogens (tertiary/aromatic N) is 2. The molecule has 1 heterocycles. The Labute approximate surface area is 116 Å². The van der Waals surface area contributed by atoms with Crippen molar-refractivity contribution in [1.82, 2.24) is 9.55 Å². The molecule has 0 atom stereocenters. The second kappa shape index (κ2) is 5.04. The van der Waals surface area contributed by atoms with Gasteiger partial charge in [0, 0.05) is 31.4 Å². The summed E-state index contributed by atoms with van der Waals surface area (Å²) >= 11 is 0. The molecule has 0 saturated carbocycles. The Bertz CT molecular complexity index is 718. The molecule has 2 N–H and O–H groups in total. The highest BCUT2D eigenvalue weighted by Gasteiger charge is 2.19. The summed E-state index contributed by atoms with van der Waals surface area (Å²) < 4.78 is 33.3. The van der Waals surface area contributed by atoms with E-state index in [0.717, 1.165) is 0 Å². The van der Waals surface area contributed by atoms with Gasteiger partial charge in [-0.05, 0) is 6.92 Å². The fraction of sp³-hybridized carbons (Fsp3) is 0.250. The number of benzene rings is 1. The number of aromatic hydroxyl groups is 1. The predicted molar refractivity (Wildman–Crippen MR) is 73.4 cm³/mol. The maximum Gasteiger partial charge on any atom is 0.280 e. The second-order valence-electron chi connectivity index (χ2n) is 4.26. The van der Waals surface area contributed by atoms with E-state index in [1.165, 1.54) is 31.5 Å². The van der Waals surface area contributed by atoms with Crippen LogP contribution in [0.15, 0.2) is 29.4 Å². The van der Waals surface area contributed by atoms with Gasteiger partial charge in [0.05, 0.1) is 12.8 Å². The third-order valence-corrected chi connectivity index (χ3v) is 3.99. The van der Waals surface area contributed by atoms with Crippen LogP contribution in [0.4, 0.5) is 5.69 Å². The molecule has 8 heteroatoms. The molecular weight excluding hydrogens is 282 g/mol. The lowest BCUT2D eigenvalue weighted by molar-refractivity contribution is 0.408. The van der Waals surface area contributed by atoms with Gasteiger partial charge < -0.3 is 14.4 Å². The van der Waals surface area contributed by atoms with E-state index >= 15 is 0 Å². The van der Waals surface area contributed by atoms with E-state index in [0.29, 0.717) is 11.6 Å². The summed E-state index contributed by atoms with van der Waals surface area (Å²) in [5, 5.41) is 9.42. The topological polar surface area (TPSA) is 93.5 Å². The lowest BCUT2D eigenvalue weighted by atomic mass is 10.3. The Morgan fingerprint density at radius 1 is 1.35 bits per heavy atom. The third kappa shape index (κ3) is 2.85. The van der Waals surface area contributed by atoms with Gasteiger partial charge in [0.25, 0.3) is 10.0 Å². The number of nitrogens with one attached hydrogen (secondary N) is 1. The maximum absolute atomic E-state index is 12.2. The van der Waals surface area contributed by atoms with Crippen molar-refractivity contribution >= 4 is 15.7 Å². The summed E-state index contributed by atoms with van der Waals surface area (Å²) in [6.07, 6.45) is 1.41. The fourth-order valence-corrected chi connectivity index (χ4v) is 2.71. The van der Waals surface area contributed by atoms with Crippen molar-refractivity contribution in [2.45, 2.75) is 11.9 Å². The lowest BCUT2D eigenvalue weighted by Crippen LogP contribution is -2.13. The number of anilines is 1. The third-order valence-electron chi connectivity index (χ3n) is 2.74. The van der Waals surface area contributed by atoms with Gasteiger partial charge in [0.2, 0.25) is 0 Å². The minimum absolute atomic E-state index is 0.0835. The zero-order valence-electron chi connectivity index (χ0n) is 11.3. The van der Waals surface area contributed by atoms with Crippen molar-refractivity contribution in [1.29, 1.82) is 0 Å². The highest BCUT2D eigenvalue weighted by molar-refractivity contribution is 7.92. The van der Waals surface area contributed by atoms with Gasteiger partial charge in [0.1, 0.15) is 17.3 Å². The first-order chi connectivity index (χ1) is 9.31. The number of ether oxygens (including phenoxy) is 1. The van der Waals surface area contributed by atoms with Crippen molar-refractivity contribution in [2.75, 3.05) is 11.8 Å². The predicted octanol–water partition coefficient (Wildman–Crippen LogP) is 1.24. The van der Waals surface area contributed by atoms with E-state index in [9.17, 15) is 13.5 Å². The zero-order chi connectivity index (χ0) is 14.9. The number of hydrogen-bond donors (Lipinski definition) is 2. The number of hydrogen-bond acceptors (Lipinski definition) is 5. The van der Waals surface area contributed by atoms with Crippen molar-refractivity contribution in [2.24, 2.45) is 7.05 Å². The largest absolute Gasteiger partial charge is 0.508 e. The highest BCUT2D eigenvalue weighted by Crippen LogP contribution is 2.26. The molecular formula is C12H15N3O4S. The number of phenolic OH excluding ortho intramolecular Hbond substituents is 1. The Morgan fingerprint density at radius 3 is 2.60 bits per heavy atom. The number of aryl methyl sites for hydroxylation is 2. The summed E-state index contributed by atoms with van der Waals surface area (Å²) in [6, 6.07) is 4.13. The minimum atomic E-state index is -3.81. The van der Waals surface area contributed by atoms with Crippen LogP contribution < -0.4 is 9.46 Å². The van der Waals surface area contributed by atoms with E-state index in [4.69, 9.17) is 4.74 Å². The van der Waals surface area contributed by atoms with Gasteiger partial charge in [-0.3, -0.25) is 4.72 Å². The summed E-state index contributed by atoms with van der Waals surface area (Å²) in [5.41, 5.74) is 0.199. The smallest absolute Gasteiger partial charge is 0.280 e. The van der Waals surface area contributed by atoms with Crippen molar-refractivity contribution in [3.05, 3.63) is 30.2 Å². The average Bonchev–Trinajstić information content (AvgIpc) is 2.69. The number of phenols is 1. The van der Waals surface area contributed by atoms with Crippen molar-refractivity contribution < 1.29 is 18.3 Å². The molecule has 0 spiro atoms. The Kier molecular flexibility index (Phi) is 3.58. The van der Waals surface area contributed by atoms with Crippen LogP contribution in [0.1, 0.15) is 5.82 Å². The van der Waals surface area contributed by atoms with Gasteiger partial charge >= 0.3 is 0 Å². The van der Waals surface area contributed by atoms with E-state index in [-0.39, 0.29) is 16.5 Å². The molecule has 1 aromatic heterocycles. The number of rotatable bonds is 4. The van der Waals surface area contributed by atoms with E-state index in [1.807, 2.05) is 0 Å². The molecule has 0 fully saturated rings. The normalized spacial score (nSPS) is 11.3. The SMILES string of the molecule is COc1cc(O)cc(NS(=O)(=O)c2cn(C)c(C)n2)c1. The highest BCUT2D eigenvalue weighted by atomic mass is 32.2. The van der Waals surface area contributed by atoms with Crippen LogP contribution in [0, 0.1) is 6.92 Å². The molecule has 2 aromatic rings. The molecule has 0 aliphatic rings. The summed E-state index contributed by atoms with van der Waals surface area (Å²) in [4.78, 5) is 3.96. The first-order valence-corrected chi connectivity index (χ1v) is 7.21. The molecule has 1 aromatic carbocycles. The molecule has 2 rings (SSSR count). The van der Waals surface area contributed by atoms with Crippen LogP contribution in [0.3, 0.4) is 0 Å². The molecule has 0 unspecified atom stereocenters. The van der Waals surface area contributed by atoms with Crippen LogP contribution >= 0.6 is 0 Å². The number of imidazole rings is 1. The van der Waals surface area contributed by atoms with Gasteiger partial charge in [-0.25, -0.2) is 4.98 Å². The lowest BCUT2D eigenvalue weighted by Gasteiger charge is -2.08. The van der Waals surface area contributed by atoms with Crippen LogP contribution in [-0.2, 0) is 17.1 Å². The van der Waals surface area contributed by atoms with E-state index in [2.05, 4.69) is 9.71 Å². The fourth-order valence-electron chi connectivity index (χ4n) is 1.62. The molecule has 0 amide bonds. The quantitative estimate of drug-likeness (QED) is 0.885. The molecule has 0 aliphatic heterocycles. The van der Waals surface area contributed by atoms with Crippen LogP contribution in [0.25, 0.3) is 0 Å². The monoisotopic (exact) mass is 297 g/mol. The molecule has 108 valence electrons. The van der Waals surface area contributed by atoms with Gasteiger partial charge in [-0.15, -0.1) is 0 Å². The summed E-state index contributed by atoms with van der Waals surface area (Å²) in [5.74, 6) is 0.831. The minimum Gasteiger partial charge on any atom is -0.508 e. The Morgan fingerprint density at radius 2 is 2.05 bits per heavy atom. The number of methoxy groups -OCH3 is 1. The van der Waals surface area contributed by atoms with Crippen molar-refractivity contribution in [3.63, 3.8) is 0 Å². The van der Waals surface area contributed by atoms with Gasteiger partial charge in [0.15, 0.2) is 5.03 Å². The number of aromatic nitrogens is 2. The zero-order valence-corrected chi connectivity index (χ0v) is 12.1. The molecule has 0 radical (unpaired) electrons. The molecule has 20 heavy (non-hydrogen) atoms. The van der Waals surface area contributed by atoms with Gasteiger partial charge in [-0.2, -0.15) is 8.42 Å². The summed E-state index contributed by atoms with van der Waals surface area (Å²) in [6.45, 7) is 1.70. The van der Waals surface area contributed by atoms with Crippen LogP contribution in [0.2, 0.25) is 0 Å². The van der Waals surface area contributed by atoms with Gasteiger partial charge in [-0.1, -0.05) is 0 Å². The molecule has 0 aliphatic carbocycles. The van der Waals surface area contributed by atoms with Crippen LogP contribution in [-0.4, -0.2) is 30.2 Å². The molecule has 0 bridgehead atoms.